The minimum Gasteiger partial charge on any atom is -0.378 e. The highest BCUT2D eigenvalue weighted by atomic mass is 16.2. The molecule has 30 heavy (non-hydrogen) atoms. The molecule has 2 aromatic heterocycles. The molecule has 0 spiro atoms. The van der Waals surface area contributed by atoms with Crippen LogP contribution in [-0.4, -0.2) is 35.4 Å². The summed E-state index contributed by atoms with van der Waals surface area (Å²) in [6.45, 7) is 0. The number of hydrogen-bond acceptors (Lipinski definition) is 3. The van der Waals surface area contributed by atoms with E-state index in [2.05, 4.69) is 39.7 Å². The van der Waals surface area contributed by atoms with Crippen LogP contribution in [0.5, 0.6) is 0 Å². The predicted molar refractivity (Wildman–Crippen MR) is 121 cm³/mol. The summed E-state index contributed by atoms with van der Waals surface area (Å²) in [4.78, 5) is 14.4. The fraction of sp³-hybridized carbons (Fsp3) is 0.0833. The summed E-state index contributed by atoms with van der Waals surface area (Å²) in [5.74, 6) is -0.251. The molecule has 4 rings (SSSR count). The van der Waals surface area contributed by atoms with E-state index < -0.39 is 0 Å². The summed E-state index contributed by atoms with van der Waals surface area (Å²) in [6, 6.07) is 23.4. The zero-order valence-electron chi connectivity index (χ0n) is 16.9. The number of nitrogens with zero attached hydrogens (tertiary/aromatic N) is 4. The van der Waals surface area contributed by atoms with Crippen LogP contribution < -0.4 is 10.3 Å². The van der Waals surface area contributed by atoms with E-state index in [-0.39, 0.29) is 5.91 Å². The number of hydrazone groups is 1. The number of anilines is 1. The number of aromatic nitrogens is 2. The molecule has 0 radical (unpaired) electrons. The Hall–Kier alpha value is -4.06. The van der Waals surface area contributed by atoms with E-state index in [1.54, 1.807) is 18.3 Å². The van der Waals surface area contributed by atoms with Gasteiger partial charge in [0.15, 0.2) is 0 Å². The fourth-order valence-corrected chi connectivity index (χ4v) is 3.16. The minimum atomic E-state index is -0.251. The minimum absolute atomic E-state index is 0.251. The predicted octanol–water partition coefficient (Wildman–Crippen LogP) is 4.10. The van der Waals surface area contributed by atoms with Crippen molar-refractivity contribution in [2.45, 2.75) is 0 Å². The smallest absolute Gasteiger partial charge is 0.271 e. The van der Waals surface area contributed by atoms with E-state index in [1.807, 2.05) is 78.2 Å². The first-order chi connectivity index (χ1) is 14.6. The van der Waals surface area contributed by atoms with Gasteiger partial charge in [0.1, 0.15) is 0 Å². The number of carbonyl (C=O) groups excluding carboxylic acids is 1. The van der Waals surface area contributed by atoms with Crippen LogP contribution in [0.4, 0.5) is 5.69 Å². The van der Waals surface area contributed by atoms with Crippen LogP contribution in [-0.2, 0) is 0 Å². The fourth-order valence-electron chi connectivity index (χ4n) is 3.16. The molecule has 6 nitrogen and oxygen atoms in total. The van der Waals surface area contributed by atoms with Gasteiger partial charge in [0, 0.05) is 55.3 Å². The van der Waals surface area contributed by atoms with Crippen molar-refractivity contribution in [1.82, 2.24) is 14.6 Å². The van der Waals surface area contributed by atoms with Crippen molar-refractivity contribution in [1.29, 1.82) is 0 Å². The average Bonchev–Trinajstić information content (AvgIpc) is 3.46. The molecule has 6 heteroatoms. The van der Waals surface area contributed by atoms with Gasteiger partial charge in [0.05, 0.1) is 11.9 Å². The van der Waals surface area contributed by atoms with E-state index in [1.165, 1.54) is 0 Å². The lowest BCUT2D eigenvalue weighted by atomic mass is 10.2. The van der Waals surface area contributed by atoms with Gasteiger partial charge in [-0.05, 0) is 72.8 Å². The Morgan fingerprint density at radius 1 is 0.867 bits per heavy atom. The highest BCUT2D eigenvalue weighted by Crippen LogP contribution is 2.17. The van der Waals surface area contributed by atoms with Gasteiger partial charge in [0.25, 0.3) is 5.91 Å². The van der Waals surface area contributed by atoms with Crippen molar-refractivity contribution >= 4 is 17.8 Å². The maximum atomic E-state index is 12.4. The number of amides is 1. The van der Waals surface area contributed by atoms with Crippen LogP contribution in [0.15, 0.2) is 96.5 Å². The molecule has 2 heterocycles. The molecule has 1 N–H and O–H groups in total. The van der Waals surface area contributed by atoms with Crippen molar-refractivity contribution in [2.24, 2.45) is 5.10 Å². The zero-order valence-corrected chi connectivity index (χ0v) is 16.9. The normalized spacial score (nSPS) is 11.0. The van der Waals surface area contributed by atoms with E-state index >= 15 is 0 Å². The van der Waals surface area contributed by atoms with Crippen LogP contribution in [0.25, 0.3) is 11.4 Å². The Labute approximate surface area is 175 Å². The molecule has 0 fully saturated rings. The highest BCUT2D eigenvalue weighted by Gasteiger charge is 2.06. The molecule has 0 saturated heterocycles. The molecular formula is C24H23N5O. The monoisotopic (exact) mass is 397 g/mol. The SMILES string of the molecule is CN(C)c1ccc(-n2cccc2/C=N/NC(=O)c2ccc(-n3cccc3)cc2)cc1. The Morgan fingerprint density at radius 3 is 2.20 bits per heavy atom. The van der Waals surface area contributed by atoms with Crippen molar-refractivity contribution in [3.8, 4) is 11.4 Å². The van der Waals surface area contributed by atoms with Gasteiger partial charge in [-0.3, -0.25) is 4.79 Å². The number of benzene rings is 2. The molecule has 0 aliphatic carbocycles. The van der Waals surface area contributed by atoms with Gasteiger partial charge in [0.2, 0.25) is 0 Å². The van der Waals surface area contributed by atoms with Crippen LogP contribution in [0, 0.1) is 0 Å². The Balaban J connectivity index is 1.42. The summed E-state index contributed by atoms with van der Waals surface area (Å²) in [7, 11) is 4.03. The Bertz CT molecular complexity index is 1140. The number of hydrogen-bond donors (Lipinski definition) is 1. The Kier molecular flexibility index (Phi) is 5.48. The average molecular weight is 397 g/mol. The lowest BCUT2D eigenvalue weighted by Crippen LogP contribution is -2.17. The van der Waals surface area contributed by atoms with E-state index in [0.29, 0.717) is 5.56 Å². The summed E-state index contributed by atoms with van der Waals surface area (Å²) in [5.41, 5.74) is 7.18. The van der Waals surface area contributed by atoms with Crippen molar-refractivity contribution in [3.63, 3.8) is 0 Å². The van der Waals surface area contributed by atoms with Gasteiger partial charge >= 0.3 is 0 Å². The Morgan fingerprint density at radius 2 is 1.53 bits per heavy atom. The second-order valence-corrected chi connectivity index (χ2v) is 7.05. The maximum absolute atomic E-state index is 12.4. The molecular weight excluding hydrogens is 374 g/mol. The first kappa shape index (κ1) is 19.3. The lowest BCUT2D eigenvalue weighted by molar-refractivity contribution is 0.0955. The second kappa shape index (κ2) is 8.53. The largest absolute Gasteiger partial charge is 0.378 e. The van der Waals surface area contributed by atoms with Crippen LogP contribution >= 0.6 is 0 Å². The van der Waals surface area contributed by atoms with Gasteiger partial charge in [-0.25, -0.2) is 5.43 Å². The third kappa shape index (κ3) is 4.17. The second-order valence-electron chi connectivity index (χ2n) is 7.05. The molecule has 0 atom stereocenters. The standard InChI is InChI=1S/C24H23N5O/c1-27(2)20-11-13-22(14-12-20)29-17-5-6-23(29)18-25-26-24(30)19-7-9-21(10-8-19)28-15-3-4-16-28/h3-18H,1-2H3,(H,26,30)/b25-18+. The van der Waals surface area contributed by atoms with E-state index in [9.17, 15) is 4.79 Å². The topological polar surface area (TPSA) is 54.6 Å². The third-order valence-electron chi connectivity index (χ3n) is 4.82. The molecule has 150 valence electrons. The van der Waals surface area contributed by atoms with Crippen LogP contribution in [0.3, 0.4) is 0 Å². The molecule has 0 aliphatic rings. The summed E-state index contributed by atoms with van der Waals surface area (Å²) >= 11 is 0. The number of rotatable bonds is 6. The van der Waals surface area contributed by atoms with Crippen molar-refractivity contribution in [2.75, 3.05) is 19.0 Å². The van der Waals surface area contributed by atoms with Gasteiger partial charge in [-0.2, -0.15) is 5.10 Å². The molecule has 4 aromatic rings. The highest BCUT2D eigenvalue weighted by molar-refractivity contribution is 5.95. The number of carbonyl (C=O) groups is 1. The molecule has 2 aromatic carbocycles. The van der Waals surface area contributed by atoms with E-state index in [4.69, 9.17) is 0 Å². The van der Waals surface area contributed by atoms with Gasteiger partial charge in [-0.15, -0.1) is 0 Å². The number of nitrogens with one attached hydrogen (secondary N) is 1. The molecule has 1 amide bonds. The molecule has 0 bridgehead atoms. The molecule has 0 unspecified atom stereocenters. The van der Waals surface area contributed by atoms with Gasteiger partial charge < -0.3 is 14.0 Å². The van der Waals surface area contributed by atoms with Crippen LogP contribution in [0.2, 0.25) is 0 Å². The summed E-state index contributed by atoms with van der Waals surface area (Å²) in [6.07, 6.45) is 7.53. The first-order valence-electron chi connectivity index (χ1n) is 9.64. The zero-order chi connectivity index (χ0) is 20.9. The summed E-state index contributed by atoms with van der Waals surface area (Å²) in [5, 5.41) is 4.14. The van der Waals surface area contributed by atoms with Crippen LogP contribution in [0.1, 0.15) is 16.1 Å². The lowest BCUT2D eigenvalue weighted by Gasteiger charge is -2.13. The first-order valence-corrected chi connectivity index (χ1v) is 9.64. The maximum Gasteiger partial charge on any atom is 0.271 e. The summed E-state index contributed by atoms with van der Waals surface area (Å²) < 4.78 is 4.00. The third-order valence-corrected chi connectivity index (χ3v) is 4.82. The molecule has 0 saturated carbocycles. The van der Waals surface area contributed by atoms with Gasteiger partial charge in [-0.1, -0.05) is 0 Å². The van der Waals surface area contributed by atoms with Crippen molar-refractivity contribution in [3.05, 3.63) is 103 Å². The van der Waals surface area contributed by atoms with Crippen molar-refractivity contribution < 1.29 is 4.79 Å². The van der Waals surface area contributed by atoms with E-state index in [0.717, 1.165) is 22.8 Å². The molecule has 0 aliphatic heterocycles. The quantitative estimate of drug-likeness (QED) is 0.393.